The van der Waals surface area contributed by atoms with Gasteiger partial charge in [-0.25, -0.2) is 0 Å². The Bertz CT molecular complexity index is 795. The van der Waals surface area contributed by atoms with Gasteiger partial charge in [0.1, 0.15) is 0 Å². The largest absolute Gasteiger partial charge is 0.356 e. The minimum atomic E-state index is 0. The number of aliphatic imine (C=N–C) groups is 1. The third-order valence-electron chi connectivity index (χ3n) is 6.49. The Balaban J connectivity index is 0.00000256. The summed E-state index contributed by atoms with van der Waals surface area (Å²) in [5.74, 6) is 2.39. The highest BCUT2D eigenvalue weighted by Crippen LogP contribution is 2.46. The second kappa shape index (κ2) is 11.1. The number of piperidine rings is 1. The quantitative estimate of drug-likeness (QED) is 0.333. The first-order valence-corrected chi connectivity index (χ1v) is 11.0. The van der Waals surface area contributed by atoms with Crippen molar-refractivity contribution in [3.8, 4) is 0 Å². The third-order valence-corrected chi connectivity index (χ3v) is 6.49. The lowest BCUT2D eigenvalue weighted by Crippen LogP contribution is -2.51. The molecule has 2 aliphatic rings. The predicted octanol–water partition coefficient (Wildman–Crippen LogP) is 4.63. The number of likely N-dealkylation sites (tertiary alicyclic amines) is 1. The zero-order valence-corrected chi connectivity index (χ0v) is 20.5. The minimum absolute atomic E-state index is 0. The van der Waals surface area contributed by atoms with E-state index in [1.807, 2.05) is 7.05 Å². The van der Waals surface area contributed by atoms with Crippen LogP contribution in [0.2, 0.25) is 0 Å². The van der Waals surface area contributed by atoms with Gasteiger partial charge in [0.15, 0.2) is 5.96 Å². The highest BCUT2D eigenvalue weighted by atomic mass is 127. The highest BCUT2D eigenvalue weighted by Gasteiger charge is 2.38. The van der Waals surface area contributed by atoms with Gasteiger partial charge in [0, 0.05) is 38.8 Å². The number of nitrogens with zero attached hydrogens (tertiary/aromatic N) is 2. The van der Waals surface area contributed by atoms with Gasteiger partial charge in [0.05, 0.1) is 0 Å². The summed E-state index contributed by atoms with van der Waals surface area (Å²) in [7, 11) is 1.88. The lowest BCUT2D eigenvalue weighted by atomic mass is 9.97. The first-order chi connectivity index (χ1) is 14.2. The maximum atomic E-state index is 4.47. The molecule has 2 aromatic rings. The molecule has 0 aromatic heterocycles. The summed E-state index contributed by atoms with van der Waals surface area (Å²) in [6.45, 7) is 5.52. The zero-order valence-electron chi connectivity index (χ0n) is 18.1. The average Bonchev–Trinajstić information content (AvgIpc) is 3.54. The Morgan fingerprint density at radius 1 is 1.03 bits per heavy atom. The molecule has 4 nitrogen and oxygen atoms in total. The maximum absolute atomic E-state index is 4.47. The Morgan fingerprint density at radius 2 is 1.73 bits per heavy atom. The van der Waals surface area contributed by atoms with Crippen LogP contribution in [-0.2, 0) is 6.54 Å². The lowest BCUT2D eigenvalue weighted by Gasteiger charge is -2.38. The molecule has 1 heterocycles. The Labute approximate surface area is 198 Å². The van der Waals surface area contributed by atoms with Gasteiger partial charge in [-0.15, -0.1) is 24.0 Å². The van der Waals surface area contributed by atoms with Crippen molar-refractivity contribution in [1.82, 2.24) is 15.5 Å². The lowest BCUT2D eigenvalue weighted by molar-refractivity contribution is 0.134. The second-order valence-corrected chi connectivity index (χ2v) is 8.64. The molecule has 162 valence electrons. The summed E-state index contributed by atoms with van der Waals surface area (Å²) < 4.78 is 0. The fourth-order valence-electron chi connectivity index (χ4n) is 4.60. The van der Waals surface area contributed by atoms with Crippen molar-refractivity contribution in [2.75, 3.05) is 20.1 Å². The van der Waals surface area contributed by atoms with E-state index in [9.17, 15) is 0 Å². The SMILES string of the molecule is CN=C(NCC1CC1c1ccccc1)NC1CCN(Cc2ccccc2)C(C)C1.I. The van der Waals surface area contributed by atoms with E-state index in [-0.39, 0.29) is 24.0 Å². The Morgan fingerprint density at radius 3 is 2.40 bits per heavy atom. The standard InChI is InChI=1S/C25H34N4.HI/c1-19-15-23(13-14-29(19)18-20-9-5-3-6-10-20)28-25(26-2)27-17-22-16-24(22)21-11-7-4-8-12-21;/h3-12,19,22-24H,13-18H2,1-2H3,(H2,26,27,28);1H. The summed E-state index contributed by atoms with van der Waals surface area (Å²) in [5.41, 5.74) is 2.88. The number of hydrogen-bond donors (Lipinski definition) is 2. The van der Waals surface area contributed by atoms with Gasteiger partial charge in [0.2, 0.25) is 0 Å². The second-order valence-electron chi connectivity index (χ2n) is 8.64. The van der Waals surface area contributed by atoms with Gasteiger partial charge in [-0.2, -0.15) is 0 Å². The van der Waals surface area contributed by atoms with Crippen molar-refractivity contribution in [2.24, 2.45) is 10.9 Å². The fraction of sp³-hybridized carbons (Fsp3) is 0.480. The zero-order chi connectivity index (χ0) is 20.1. The number of rotatable bonds is 6. The summed E-state index contributed by atoms with van der Waals surface area (Å²) in [6.07, 6.45) is 3.60. The van der Waals surface area contributed by atoms with Gasteiger partial charge in [-0.05, 0) is 49.1 Å². The van der Waals surface area contributed by atoms with Crippen LogP contribution in [0.25, 0.3) is 0 Å². The van der Waals surface area contributed by atoms with E-state index >= 15 is 0 Å². The van der Waals surface area contributed by atoms with Crippen molar-refractivity contribution >= 4 is 29.9 Å². The maximum Gasteiger partial charge on any atom is 0.191 e. The molecule has 5 heteroatoms. The molecule has 4 atom stereocenters. The van der Waals surface area contributed by atoms with Crippen LogP contribution in [0.15, 0.2) is 65.7 Å². The smallest absolute Gasteiger partial charge is 0.191 e. The molecular weight excluding hydrogens is 483 g/mol. The van der Waals surface area contributed by atoms with E-state index in [1.54, 1.807) is 0 Å². The normalized spacial score (nSPS) is 26.5. The highest BCUT2D eigenvalue weighted by molar-refractivity contribution is 14.0. The van der Waals surface area contributed by atoms with E-state index in [0.29, 0.717) is 18.0 Å². The van der Waals surface area contributed by atoms with Crippen LogP contribution in [-0.4, -0.2) is 43.1 Å². The van der Waals surface area contributed by atoms with Crippen LogP contribution >= 0.6 is 24.0 Å². The van der Waals surface area contributed by atoms with Crippen LogP contribution < -0.4 is 10.6 Å². The van der Waals surface area contributed by atoms with Crippen molar-refractivity contribution in [3.63, 3.8) is 0 Å². The molecule has 2 N–H and O–H groups in total. The van der Waals surface area contributed by atoms with Crippen molar-refractivity contribution in [1.29, 1.82) is 0 Å². The third kappa shape index (κ3) is 6.20. The molecular formula is C25H35IN4. The number of guanidine groups is 1. The van der Waals surface area contributed by atoms with Gasteiger partial charge >= 0.3 is 0 Å². The summed E-state index contributed by atoms with van der Waals surface area (Å²) in [4.78, 5) is 7.07. The molecule has 4 rings (SSSR count). The molecule has 0 spiro atoms. The van der Waals surface area contributed by atoms with Gasteiger partial charge in [-0.3, -0.25) is 9.89 Å². The van der Waals surface area contributed by atoms with Gasteiger partial charge in [-0.1, -0.05) is 60.7 Å². The first-order valence-electron chi connectivity index (χ1n) is 11.0. The van der Waals surface area contributed by atoms with E-state index in [0.717, 1.165) is 44.4 Å². The van der Waals surface area contributed by atoms with E-state index in [4.69, 9.17) is 0 Å². The molecule has 0 bridgehead atoms. The van der Waals surface area contributed by atoms with Crippen LogP contribution in [0.4, 0.5) is 0 Å². The first kappa shape index (κ1) is 23.1. The van der Waals surface area contributed by atoms with Gasteiger partial charge in [0.25, 0.3) is 0 Å². The number of halogens is 1. The Hall–Kier alpha value is -1.60. The monoisotopic (exact) mass is 518 g/mol. The fourth-order valence-corrected chi connectivity index (χ4v) is 4.60. The average molecular weight is 518 g/mol. The molecule has 2 fully saturated rings. The minimum Gasteiger partial charge on any atom is -0.356 e. The number of nitrogens with one attached hydrogen (secondary N) is 2. The molecule has 1 aliphatic carbocycles. The van der Waals surface area contributed by atoms with Crippen molar-refractivity contribution in [3.05, 3.63) is 71.8 Å². The van der Waals surface area contributed by atoms with Crippen LogP contribution in [0, 0.1) is 5.92 Å². The van der Waals surface area contributed by atoms with Crippen molar-refractivity contribution in [2.45, 2.75) is 50.7 Å². The van der Waals surface area contributed by atoms with Gasteiger partial charge < -0.3 is 10.6 Å². The molecule has 1 saturated heterocycles. The predicted molar refractivity (Wildman–Crippen MR) is 137 cm³/mol. The van der Waals surface area contributed by atoms with Crippen LogP contribution in [0.5, 0.6) is 0 Å². The molecule has 0 radical (unpaired) electrons. The summed E-state index contributed by atoms with van der Waals surface area (Å²) in [5, 5.41) is 7.24. The van der Waals surface area contributed by atoms with Crippen LogP contribution in [0.1, 0.15) is 43.2 Å². The summed E-state index contributed by atoms with van der Waals surface area (Å²) in [6, 6.07) is 22.8. The van der Waals surface area contributed by atoms with Crippen molar-refractivity contribution < 1.29 is 0 Å². The molecule has 2 aromatic carbocycles. The molecule has 30 heavy (non-hydrogen) atoms. The number of hydrogen-bond acceptors (Lipinski definition) is 2. The van der Waals surface area contributed by atoms with E-state index in [2.05, 4.69) is 88.1 Å². The van der Waals surface area contributed by atoms with E-state index < -0.39 is 0 Å². The molecule has 1 saturated carbocycles. The van der Waals surface area contributed by atoms with Crippen LogP contribution in [0.3, 0.4) is 0 Å². The molecule has 1 aliphatic heterocycles. The van der Waals surface area contributed by atoms with E-state index in [1.165, 1.54) is 17.5 Å². The molecule has 0 amide bonds. The Kier molecular flexibility index (Phi) is 8.57. The molecule has 4 unspecified atom stereocenters. The number of benzene rings is 2. The topological polar surface area (TPSA) is 39.7 Å². The summed E-state index contributed by atoms with van der Waals surface area (Å²) >= 11 is 0.